The van der Waals surface area contributed by atoms with Crippen LogP contribution in [0, 0.1) is 0 Å². The minimum atomic E-state index is 0.638. The highest BCUT2D eigenvalue weighted by Crippen LogP contribution is 2.45. The van der Waals surface area contributed by atoms with E-state index in [-0.39, 0.29) is 0 Å². The normalized spacial score (nSPS) is 10.8. The summed E-state index contributed by atoms with van der Waals surface area (Å²) in [7, 11) is 0. The van der Waals surface area contributed by atoms with Gasteiger partial charge in [-0.3, -0.25) is 0 Å². The first-order chi connectivity index (χ1) is 11.8. The van der Waals surface area contributed by atoms with Gasteiger partial charge in [-0.25, -0.2) is 0 Å². The first kappa shape index (κ1) is 14.3. The smallest absolute Gasteiger partial charge is 0.0640 e. The third-order valence-electron chi connectivity index (χ3n) is 4.42. The largest absolute Gasteiger partial charge is 0.397 e. The minimum Gasteiger partial charge on any atom is -0.397 e. The molecule has 4 aromatic carbocycles. The molecule has 0 amide bonds. The van der Waals surface area contributed by atoms with Gasteiger partial charge in [0.2, 0.25) is 0 Å². The number of nitrogens with two attached hydrogens (primary N) is 2. The van der Waals surface area contributed by atoms with Crippen LogP contribution in [0.4, 0.5) is 11.4 Å². The molecule has 4 aromatic rings. The molecule has 0 aliphatic heterocycles. The number of nitrogen functional groups attached to an aromatic ring is 2. The van der Waals surface area contributed by atoms with Crippen LogP contribution in [0.25, 0.3) is 33.0 Å². The lowest BCUT2D eigenvalue weighted by Crippen LogP contribution is -2.01. The molecule has 0 saturated heterocycles. The van der Waals surface area contributed by atoms with E-state index >= 15 is 0 Å². The van der Waals surface area contributed by atoms with Gasteiger partial charge in [-0.1, -0.05) is 84.9 Å². The molecule has 0 aliphatic carbocycles. The second-order valence-electron chi connectivity index (χ2n) is 5.85. The fraction of sp³-hybridized carbons (Fsp3) is 0. The Labute approximate surface area is 141 Å². The molecular formula is C22H18N2. The molecule has 0 unspecified atom stereocenters. The summed E-state index contributed by atoms with van der Waals surface area (Å²) in [4.78, 5) is 0. The standard InChI is InChI=1S/C22H18N2/c23-21-18-14-8-7-13-17(18)19(15-9-3-1-4-10-15)20(22(21)24)16-11-5-2-6-12-16/h1-14H,23-24H2. The Morgan fingerprint density at radius 2 is 0.875 bits per heavy atom. The maximum atomic E-state index is 6.49. The molecule has 0 radical (unpaired) electrons. The summed E-state index contributed by atoms with van der Waals surface area (Å²) in [5.74, 6) is 0. The molecule has 0 spiro atoms. The Kier molecular flexibility index (Phi) is 3.43. The fourth-order valence-electron chi connectivity index (χ4n) is 3.29. The molecule has 2 heteroatoms. The summed E-state index contributed by atoms with van der Waals surface area (Å²) >= 11 is 0. The molecule has 116 valence electrons. The summed E-state index contributed by atoms with van der Waals surface area (Å²) in [6.07, 6.45) is 0. The highest BCUT2D eigenvalue weighted by Gasteiger charge is 2.18. The van der Waals surface area contributed by atoms with Gasteiger partial charge in [0.05, 0.1) is 11.4 Å². The van der Waals surface area contributed by atoms with Gasteiger partial charge in [-0.2, -0.15) is 0 Å². The van der Waals surface area contributed by atoms with Gasteiger partial charge in [0.1, 0.15) is 0 Å². The highest BCUT2D eigenvalue weighted by atomic mass is 14.7. The summed E-state index contributed by atoms with van der Waals surface area (Å²) < 4.78 is 0. The Bertz CT molecular complexity index is 1010. The fourth-order valence-corrected chi connectivity index (χ4v) is 3.29. The van der Waals surface area contributed by atoms with E-state index in [0.29, 0.717) is 11.4 Å². The van der Waals surface area contributed by atoms with E-state index in [9.17, 15) is 0 Å². The van der Waals surface area contributed by atoms with Gasteiger partial charge >= 0.3 is 0 Å². The van der Waals surface area contributed by atoms with Crippen LogP contribution in [0.15, 0.2) is 84.9 Å². The number of benzene rings is 4. The molecule has 0 bridgehead atoms. The van der Waals surface area contributed by atoms with Crippen LogP contribution >= 0.6 is 0 Å². The average molecular weight is 310 g/mol. The van der Waals surface area contributed by atoms with Crippen molar-refractivity contribution in [2.24, 2.45) is 0 Å². The molecule has 0 aromatic heterocycles. The molecule has 2 nitrogen and oxygen atoms in total. The molecular weight excluding hydrogens is 292 g/mol. The van der Waals surface area contributed by atoms with Crippen molar-refractivity contribution in [1.29, 1.82) is 0 Å². The Morgan fingerprint density at radius 3 is 1.46 bits per heavy atom. The first-order valence-electron chi connectivity index (χ1n) is 7.98. The Morgan fingerprint density at radius 1 is 0.417 bits per heavy atom. The summed E-state index contributed by atoms with van der Waals surface area (Å²) in [6.45, 7) is 0. The van der Waals surface area contributed by atoms with Crippen LogP contribution in [0.5, 0.6) is 0 Å². The Hall–Kier alpha value is -3.26. The SMILES string of the molecule is Nc1c(-c2ccccc2)c(-c2ccccc2)c2ccccc2c1N. The minimum absolute atomic E-state index is 0.638. The van der Waals surface area contributed by atoms with Crippen molar-refractivity contribution in [1.82, 2.24) is 0 Å². The molecule has 4 N–H and O–H groups in total. The van der Waals surface area contributed by atoms with E-state index in [0.717, 1.165) is 33.0 Å². The topological polar surface area (TPSA) is 52.0 Å². The van der Waals surface area contributed by atoms with Crippen LogP contribution in [0.3, 0.4) is 0 Å². The molecule has 0 fully saturated rings. The third-order valence-corrected chi connectivity index (χ3v) is 4.42. The second-order valence-corrected chi connectivity index (χ2v) is 5.85. The summed E-state index contributed by atoms with van der Waals surface area (Å²) in [6, 6.07) is 28.7. The number of hydrogen-bond acceptors (Lipinski definition) is 2. The molecule has 4 rings (SSSR count). The van der Waals surface area contributed by atoms with Gasteiger partial charge in [0.25, 0.3) is 0 Å². The zero-order valence-electron chi connectivity index (χ0n) is 13.2. The summed E-state index contributed by atoms with van der Waals surface area (Å²) in [5, 5.41) is 2.11. The Balaban J connectivity index is 2.20. The van der Waals surface area contributed by atoms with Crippen LogP contribution in [0.1, 0.15) is 0 Å². The maximum Gasteiger partial charge on any atom is 0.0640 e. The van der Waals surface area contributed by atoms with E-state index in [1.54, 1.807) is 0 Å². The van der Waals surface area contributed by atoms with Crippen molar-refractivity contribution in [3.05, 3.63) is 84.9 Å². The predicted molar refractivity (Wildman–Crippen MR) is 104 cm³/mol. The molecule has 24 heavy (non-hydrogen) atoms. The highest BCUT2D eigenvalue weighted by molar-refractivity contribution is 6.15. The van der Waals surface area contributed by atoms with Crippen molar-refractivity contribution in [2.75, 3.05) is 11.5 Å². The quantitative estimate of drug-likeness (QED) is 0.491. The number of hydrogen-bond donors (Lipinski definition) is 2. The van der Waals surface area contributed by atoms with Crippen molar-refractivity contribution in [2.45, 2.75) is 0 Å². The molecule has 0 saturated carbocycles. The number of rotatable bonds is 2. The van der Waals surface area contributed by atoms with E-state index < -0.39 is 0 Å². The van der Waals surface area contributed by atoms with E-state index in [1.807, 2.05) is 54.6 Å². The number of anilines is 2. The second kappa shape index (κ2) is 5.74. The zero-order valence-corrected chi connectivity index (χ0v) is 13.2. The lowest BCUT2D eigenvalue weighted by atomic mass is 9.87. The maximum absolute atomic E-state index is 6.49. The van der Waals surface area contributed by atoms with Crippen LogP contribution in [0.2, 0.25) is 0 Å². The molecule has 0 heterocycles. The van der Waals surface area contributed by atoms with Crippen molar-refractivity contribution < 1.29 is 0 Å². The predicted octanol–water partition coefficient (Wildman–Crippen LogP) is 5.34. The molecule has 0 atom stereocenters. The van der Waals surface area contributed by atoms with Crippen LogP contribution in [-0.2, 0) is 0 Å². The van der Waals surface area contributed by atoms with Crippen LogP contribution in [-0.4, -0.2) is 0 Å². The third kappa shape index (κ3) is 2.20. The van der Waals surface area contributed by atoms with Gasteiger partial charge in [0, 0.05) is 10.9 Å². The lowest BCUT2D eigenvalue weighted by Gasteiger charge is -2.19. The number of fused-ring (bicyclic) bond motifs is 1. The lowest BCUT2D eigenvalue weighted by molar-refractivity contribution is 1.60. The van der Waals surface area contributed by atoms with E-state index in [4.69, 9.17) is 11.5 Å². The van der Waals surface area contributed by atoms with E-state index in [1.165, 1.54) is 0 Å². The monoisotopic (exact) mass is 310 g/mol. The van der Waals surface area contributed by atoms with Crippen LogP contribution < -0.4 is 11.5 Å². The molecule has 0 aliphatic rings. The van der Waals surface area contributed by atoms with E-state index in [2.05, 4.69) is 30.3 Å². The van der Waals surface area contributed by atoms with Gasteiger partial charge in [-0.15, -0.1) is 0 Å². The van der Waals surface area contributed by atoms with Crippen molar-refractivity contribution in [3.8, 4) is 22.3 Å². The summed E-state index contributed by atoms with van der Waals surface area (Å²) in [5.41, 5.74) is 18.5. The van der Waals surface area contributed by atoms with Crippen molar-refractivity contribution in [3.63, 3.8) is 0 Å². The zero-order chi connectivity index (χ0) is 16.5. The van der Waals surface area contributed by atoms with Gasteiger partial charge < -0.3 is 11.5 Å². The van der Waals surface area contributed by atoms with Gasteiger partial charge in [-0.05, 0) is 22.1 Å². The first-order valence-corrected chi connectivity index (χ1v) is 7.98. The van der Waals surface area contributed by atoms with Gasteiger partial charge in [0.15, 0.2) is 0 Å². The van der Waals surface area contributed by atoms with Crippen molar-refractivity contribution >= 4 is 22.1 Å². The average Bonchev–Trinajstić information content (AvgIpc) is 2.66.